The van der Waals surface area contributed by atoms with E-state index < -0.39 is 0 Å². The highest BCUT2D eigenvalue weighted by molar-refractivity contribution is 7.80. The summed E-state index contributed by atoms with van der Waals surface area (Å²) >= 11 is 4.91. The van der Waals surface area contributed by atoms with Crippen LogP contribution < -0.4 is 15.8 Å². The Morgan fingerprint density at radius 3 is 2.42 bits per heavy atom. The van der Waals surface area contributed by atoms with E-state index in [0.717, 1.165) is 16.9 Å². The first-order chi connectivity index (χ1) is 9.19. The second-order valence-corrected chi connectivity index (χ2v) is 4.32. The fourth-order valence-corrected chi connectivity index (χ4v) is 1.71. The number of hydrogen-bond acceptors (Lipinski definition) is 4. The van der Waals surface area contributed by atoms with Gasteiger partial charge in [0.05, 0.1) is 18.5 Å². The number of rotatable bonds is 5. The average molecular weight is 273 g/mol. The van der Waals surface area contributed by atoms with Gasteiger partial charge in [-0.2, -0.15) is 0 Å². The summed E-state index contributed by atoms with van der Waals surface area (Å²) in [5.74, 6) is 0.622. The normalized spacial score (nSPS) is 9.95. The number of ether oxygens (including phenoxy) is 1. The second-order valence-electron chi connectivity index (χ2n) is 3.88. The zero-order chi connectivity index (χ0) is 13.7. The molecular weight excluding hydrogens is 258 g/mol. The van der Waals surface area contributed by atoms with E-state index in [1.807, 2.05) is 43.3 Å². The minimum atomic E-state index is 0.397. The Morgan fingerprint density at radius 1 is 1.21 bits per heavy atom. The first-order valence-electron chi connectivity index (χ1n) is 5.95. The standard InChI is InChI=1S/C14H15N3OS/c1-2-18-13-8-7-12(9-16-13)17-11-5-3-10(4-6-11)14(15)19/h3-9,17H,2H2,1H3,(H2,15,19). The lowest BCUT2D eigenvalue weighted by atomic mass is 10.2. The molecule has 3 N–H and O–H groups in total. The summed E-state index contributed by atoms with van der Waals surface area (Å²) in [7, 11) is 0. The van der Waals surface area contributed by atoms with Gasteiger partial charge in [-0.1, -0.05) is 12.2 Å². The van der Waals surface area contributed by atoms with Gasteiger partial charge in [-0.3, -0.25) is 0 Å². The third kappa shape index (κ3) is 3.66. The highest BCUT2D eigenvalue weighted by Crippen LogP contribution is 2.18. The van der Waals surface area contributed by atoms with Crippen molar-refractivity contribution in [2.24, 2.45) is 5.73 Å². The summed E-state index contributed by atoms with van der Waals surface area (Å²) in [6.07, 6.45) is 1.73. The van der Waals surface area contributed by atoms with Crippen LogP contribution in [-0.4, -0.2) is 16.6 Å². The quantitative estimate of drug-likeness (QED) is 0.820. The molecule has 0 fully saturated rings. The molecule has 2 aromatic rings. The largest absolute Gasteiger partial charge is 0.478 e. The Balaban J connectivity index is 2.06. The van der Waals surface area contributed by atoms with Crippen LogP contribution in [-0.2, 0) is 0 Å². The second kappa shape index (κ2) is 6.15. The van der Waals surface area contributed by atoms with E-state index in [4.69, 9.17) is 22.7 Å². The SMILES string of the molecule is CCOc1ccc(Nc2ccc(C(N)=S)cc2)cn1. The zero-order valence-electron chi connectivity index (χ0n) is 10.6. The van der Waals surface area contributed by atoms with Crippen molar-refractivity contribution in [2.75, 3.05) is 11.9 Å². The molecule has 1 aromatic heterocycles. The van der Waals surface area contributed by atoms with Gasteiger partial charge < -0.3 is 15.8 Å². The maximum atomic E-state index is 5.55. The topological polar surface area (TPSA) is 60.2 Å². The van der Waals surface area contributed by atoms with Crippen molar-refractivity contribution in [2.45, 2.75) is 6.92 Å². The van der Waals surface area contributed by atoms with Crippen molar-refractivity contribution in [1.82, 2.24) is 4.98 Å². The number of nitrogens with one attached hydrogen (secondary N) is 1. The molecule has 0 aliphatic heterocycles. The summed E-state index contributed by atoms with van der Waals surface area (Å²) in [4.78, 5) is 4.58. The fraction of sp³-hybridized carbons (Fsp3) is 0.143. The maximum absolute atomic E-state index is 5.55. The van der Waals surface area contributed by atoms with E-state index >= 15 is 0 Å². The van der Waals surface area contributed by atoms with Gasteiger partial charge in [-0.25, -0.2) is 4.98 Å². The molecule has 5 heteroatoms. The molecule has 19 heavy (non-hydrogen) atoms. The van der Waals surface area contributed by atoms with Crippen LogP contribution in [0.3, 0.4) is 0 Å². The van der Waals surface area contributed by atoms with E-state index in [-0.39, 0.29) is 0 Å². The molecule has 0 unspecified atom stereocenters. The molecule has 0 bridgehead atoms. The van der Waals surface area contributed by atoms with E-state index in [1.54, 1.807) is 6.20 Å². The van der Waals surface area contributed by atoms with E-state index in [9.17, 15) is 0 Å². The maximum Gasteiger partial charge on any atom is 0.213 e. The van der Waals surface area contributed by atoms with Crippen LogP contribution in [0.15, 0.2) is 42.6 Å². The summed E-state index contributed by atoms with van der Waals surface area (Å²) in [5.41, 5.74) is 8.25. The molecule has 0 aliphatic rings. The number of benzene rings is 1. The summed E-state index contributed by atoms with van der Waals surface area (Å²) in [6, 6.07) is 11.4. The monoisotopic (exact) mass is 273 g/mol. The van der Waals surface area contributed by atoms with Gasteiger partial charge in [0.15, 0.2) is 0 Å². The third-order valence-corrected chi connectivity index (χ3v) is 2.72. The number of nitrogens with two attached hydrogens (primary N) is 1. The van der Waals surface area contributed by atoms with Crippen LogP contribution in [0.5, 0.6) is 5.88 Å². The molecule has 0 atom stereocenters. The molecule has 1 heterocycles. The molecule has 0 saturated carbocycles. The van der Waals surface area contributed by atoms with Crippen LogP contribution >= 0.6 is 12.2 Å². The predicted octanol–water partition coefficient (Wildman–Crippen LogP) is 2.86. The van der Waals surface area contributed by atoms with Crippen LogP contribution in [0, 0.1) is 0 Å². The minimum Gasteiger partial charge on any atom is -0.478 e. The number of thiocarbonyl (C=S) groups is 1. The highest BCUT2D eigenvalue weighted by Gasteiger charge is 1.99. The van der Waals surface area contributed by atoms with E-state index in [1.165, 1.54) is 0 Å². The lowest BCUT2D eigenvalue weighted by Crippen LogP contribution is -2.08. The number of nitrogens with zero attached hydrogens (tertiary/aromatic N) is 1. The lowest BCUT2D eigenvalue weighted by molar-refractivity contribution is 0.327. The Kier molecular flexibility index (Phi) is 4.30. The minimum absolute atomic E-state index is 0.397. The van der Waals surface area contributed by atoms with Crippen LogP contribution in [0.25, 0.3) is 0 Å². The molecule has 0 radical (unpaired) electrons. The van der Waals surface area contributed by atoms with E-state index in [0.29, 0.717) is 17.5 Å². The molecule has 1 aromatic carbocycles. The van der Waals surface area contributed by atoms with Crippen molar-refractivity contribution < 1.29 is 4.74 Å². The van der Waals surface area contributed by atoms with Crippen molar-refractivity contribution in [3.8, 4) is 5.88 Å². The molecule has 0 amide bonds. The summed E-state index contributed by atoms with van der Waals surface area (Å²) < 4.78 is 5.29. The van der Waals surface area contributed by atoms with Crippen LogP contribution in [0.2, 0.25) is 0 Å². The highest BCUT2D eigenvalue weighted by atomic mass is 32.1. The van der Waals surface area contributed by atoms with Crippen molar-refractivity contribution in [3.05, 3.63) is 48.2 Å². The smallest absolute Gasteiger partial charge is 0.213 e. The summed E-state index contributed by atoms with van der Waals surface area (Å²) in [5, 5.41) is 3.24. The predicted molar refractivity (Wildman–Crippen MR) is 81.0 cm³/mol. The molecular formula is C14H15N3OS. The van der Waals surface area contributed by atoms with Crippen LogP contribution in [0.1, 0.15) is 12.5 Å². The van der Waals surface area contributed by atoms with Gasteiger partial charge in [0.25, 0.3) is 0 Å². The van der Waals surface area contributed by atoms with Gasteiger partial charge in [0, 0.05) is 17.3 Å². The molecule has 4 nitrogen and oxygen atoms in total. The number of hydrogen-bond donors (Lipinski definition) is 2. The molecule has 0 aliphatic carbocycles. The van der Waals surface area contributed by atoms with Gasteiger partial charge in [-0.15, -0.1) is 0 Å². The summed E-state index contributed by atoms with van der Waals surface area (Å²) in [6.45, 7) is 2.54. The van der Waals surface area contributed by atoms with Crippen LogP contribution in [0.4, 0.5) is 11.4 Å². The third-order valence-electron chi connectivity index (χ3n) is 2.49. The molecule has 2 rings (SSSR count). The van der Waals surface area contributed by atoms with Crippen molar-refractivity contribution >= 4 is 28.6 Å². The number of anilines is 2. The number of pyridine rings is 1. The Labute approximate surface area is 117 Å². The first-order valence-corrected chi connectivity index (χ1v) is 6.35. The lowest BCUT2D eigenvalue weighted by Gasteiger charge is -2.08. The van der Waals surface area contributed by atoms with E-state index in [2.05, 4.69) is 10.3 Å². The van der Waals surface area contributed by atoms with Crippen molar-refractivity contribution in [1.29, 1.82) is 0 Å². The number of aromatic nitrogens is 1. The van der Waals surface area contributed by atoms with Crippen molar-refractivity contribution in [3.63, 3.8) is 0 Å². The van der Waals surface area contributed by atoms with Gasteiger partial charge >= 0.3 is 0 Å². The molecule has 0 saturated heterocycles. The Hall–Kier alpha value is -2.14. The fourth-order valence-electron chi connectivity index (χ4n) is 1.57. The first kappa shape index (κ1) is 13.3. The Bertz CT molecular complexity index is 552. The molecule has 0 spiro atoms. The zero-order valence-corrected chi connectivity index (χ0v) is 11.4. The van der Waals surface area contributed by atoms with Gasteiger partial charge in [-0.05, 0) is 37.3 Å². The average Bonchev–Trinajstić information content (AvgIpc) is 2.42. The Morgan fingerprint density at radius 2 is 1.89 bits per heavy atom. The molecule has 98 valence electrons. The van der Waals surface area contributed by atoms with Gasteiger partial charge in [0.2, 0.25) is 5.88 Å². The van der Waals surface area contributed by atoms with Gasteiger partial charge in [0.1, 0.15) is 4.99 Å².